The van der Waals surface area contributed by atoms with Gasteiger partial charge in [0, 0.05) is 18.2 Å². The molecule has 0 aromatic heterocycles. The largest absolute Gasteiger partial charge is 0.493 e. The van der Waals surface area contributed by atoms with Crippen molar-refractivity contribution < 1.29 is 66.8 Å². The number of amides is 1. The molecule has 0 bridgehead atoms. The third-order valence-corrected chi connectivity index (χ3v) is 8.06. The SMILES string of the molecule is COc1cc(/C=C/C(=O)CC(=O)/C=C/c2ccc(OC(=O)CCC(=O)Oc3ccc(C(C)=O)cc3)c(OC)c2)ccc1OC(=O)CCC(=O)Oc1ccc(NC(C)=O)cc1. The van der Waals surface area contributed by atoms with E-state index in [0.717, 1.165) is 0 Å². The third kappa shape index (κ3) is 15.0. The molecule has 0 aliphatic carbocycles. The summed E-state index contributed by atoms with van der Waals surface area (Å²) in [6, 6.07) is 21.3. The quantitative estimate of drug-likeness (QED) is 0.0324. The van der Waals surface area contributed by atoms with Crippen LogP contribution in [0.4, 0.5) is 5.69 Å². The van der Waals surface area contributed by atoms with E-state index in [-0.39, 0.29) is 71.9 Å². The van der Waals surface area contributed by atoms with E-state index in [1.165, 1.54) is 113 Å². The predicted octanol–water partition coefficient (Wildman–Crippen LogP) is 6.70. The number of esters is 4. The van der Waals surface area contributed by atoms with Crippen LogP contribution in [0, 0.1) is 0 Å². The van der Waals surface area contributed by atoms with Crippen molar-refractivity contribution in [1.82, 2.24) is 0 Å². The maximum atomic E-state index is 12.6. The summed E-state index contributed by atoms with van der Waals surface area (Å²) >= 11 is 0. The first-order valence-corrected chi connectivity index (χ1v) is 18.3. The molecule has 0 heterocycles. The smallest absolute Gasteiger partial charge is 0.311 e. The van der Waals surface area contributed by atoms with Gasteiger partial charge in [0.1, 0.15) is 11.5 Å². The summed E-state index contributed by atoms with van der Waals surface area (Å²) in [6.45, 7) is 2.79. The zero-order valence-corrected chi connectivity index (χ0v) is 33.1. The highest BCUT2D eigenvalue weighted by Crippen LogP contribution is 2.30. The molecule has 0 unspecified atom stereocenters. The second-order valence-electron chi connectivity index (χ2n) is 12.8. The maximum absolute atomic E-state index is 12.6. The summed E-state index contributed by atoms with van der Waals surface area (Å²) in [5.74, 6) is -3.05. The molecule has 0 atom stereocenters. The van der Waals surface area contributed by atoms with E-state index in [4.69, 9.17) is 28.4 Å². The molecule has 0 saturated heterocycles. The molecule has 60 heavy (non-hydrogen) atoms. The van der Waals surface area contributed by atoms with Gasteiger partial charge in [0.25, 0.3) is 0 Å². The number of ether oxygens (including phenoxy) is 6. The molecule has 1 N–H and O–H groups in total. The van der Waals surface area contributed by atoms with Crippen LogP contribution in [0.25, 0.3) is 12.2 Å². The lowest BCUT2D eigenvalue weighted by Crippen LogP contribution is -2.14. The number of hydrogen-bond acceptors (Lipinski definition) is 14. The van der Waals surface area contributed by atoms with E-state index >= 15 is 0 Å². The van der Waals surface area contributed by atoms with Gasteiger partial charge in [-0.2, -0.15) is 0 Å². The van der Waals surface area contributed by atoms with Crippen molar-refractivity contribution in [3.05, 3.63) is 114 Å². The van der Waals surface area contributed by atoms with Crippen LogP contribution in [0.1, 0.15) is 67.4 Å². The molecule has 0 fully saturated rings. The van der Waals surface area contributed by atoms with E-state index < -0.39 is 41.9 Å². The Morgan fingerprint density at radius 2 is 0.900 bits per heavy atom. The van der Waals surface area contributed by atoms with Crippen LogP contribution in [-0.2, 0) is 33.6 Å². The van der Waals surface area contributed by atoms with Crippen molar-refractivity contribution in [2.75, 3.05) is 19.5 Å². The highest BCUT2D eigenvalue weighted by Gasteiger charge is 2.16. The van der Waals surface area contributed by atoms with Crippen molar-refractivity contribution in [3.63, 3.8) is 0 Å². The monoisotopic (exact) mass is 819 g/mol. The lowest BCUT2D eigenvalue weighted by molar-refractivity contribution is -0.140. The fraction of sp³-hybridized carbons (Fsp3) is 0.200. The number of nitrogens with one attached hydrogen (secondary N) is 1. The normalized spacial score (nSPS) is 10.7. The molecule has 1 amide bonds. The molecule has 15 heteroatoms. The highest BCUT2D eigenvalue weighted by molar-refractivity contribution is 6.11. The van der Waals surface area contributed by atoms with Gasteiger partial charge in [0.05, 0.1) is 46.3 Å². The number of rotatable bonds is 20. The van der Waals surface area contributed by atoms with Crippen molar-refractivity contribution in [2.45, 2.75) is 46.0 Å². The molecule has 0 saturated carbocycles. The zero-order chi connectivity index (χ0) is 43.6. The van der Waals surface area contributed by atoms with Gasteiger partial charge in [-0.15, -0.1) is 0 Å². The Morgan fingerprint density at radius 3 is 1.28 bits per heavy atom. The van der Waals surface area contributed by atoms with Gasteiger partial charge in [0.2, 0.25) is 5.91 Å². The molecule has 4 aromatic rings. The number of Topliss-reactive ketones (excluding diaryl/α,β-unsaturated/α-hetero) is 1. The highest BCUT2D eigenvalue weighted by atomic mass is 16.6. The van der Waals surface area contributed by atoms with Gasteiger partial charge >= 0.3 is 23.9 Å². The summed E-state index contributed by atoms with van der Waals surface area (Å²) < 4.78 is 31.8. The molecule has 4 rings (SSSR count). The van der Waals surface area contributed by atoms with Crippen molar-refractivity contribution in [3.8, 4) is 34.5 Å². The van der Waals surface area contributed by atoms with Crippen LogP contribution in [0.2, 0.25) is 0 Å². The number of anilines is 1. The lowest BCUT2D eigenvalue weighted by Gasteiger charge is -2.10. The predicted molar refractivity (Wildman–Crippen MR) is 217 cm³/mol. The van der Waals surface area contributed by atoms with Crippen LogP contribution in [0.5, 0.6) is 34.5 Å². The Balaban J connectivity index is 1.21. The summed E-state index contributed by atoms with van der Waals surface area (Å²) in [7, 11) is 2.73. The van der Waals surface area contributed by atoms with Gasteiger partial charge in [-0.05, 0) is 103 Å². The van der Waals surface area contributed by atoms with Gasteiger partial charge < -0.3 is 33.7 Å². The fourth-order valence-electron chi connectivity index (χ4n) is 5.10. The molecule has 0 aliphatic rings. The Morgan fingerprint density at radius 1 is 0.500 bits per heavy atom. The van der Waals surface area contributed by atoms with Gasteiger partial charge in [-0.3, -0.25) is 38.4 Å². The minimum atomic E-state index is -0.710. The minimum Gasteiger partial charge on any atom is -0.493 e. The third-order valence-electron chi connectivity index (χ3n) is 8.06. The van der Waals surface area contributed by atoms with Gasteiger partial charge in [0.15, 0.2) is 40.3 Å². The van der Waals surface area contributed by atoms with E-state index in [2.05, 4.69) is 5.32 Å². The van der Waals surface area contributed by atoms with E-state index in [9.17, 15) is 38.4 Å². The van der Waals surface area contributed by atoms with Crippen molar-refractivity contribution in [2.24, 2.45) is 0 Å². The standard InChI is InChI=1S/C45H41NO14/c1-28(47)32-9-15-36(16-10-32)57-42(51)21-23-44(53)59-38-19-7-30(25-40(38)55-3)5-13-34(49)27-35(50)14-6-31-8-20-39(41(26-31)56-4)60-45(54)24-22-43(52)58-37-17-11-33(12-18-37)46-29(2)48/h5-20,25-26H,21-24,27H2,1-4H3,(H,46,48)/b13-5+,14-6+. The van der Waals surface area contributed by atoms with E-state index in [0.29, 0.717) is 22.4 Å². The second kappa shape index (κ2) is 22.3. The molecule has 0 spiro atoms. The molecular weight excluding hydrogens is 778 g/mol. The fourth-order valence-corrected chi connectivity index (χ4v) is 5.10. The average molecular weight is 820 g/mol. The topological polar surface area (TPSA) is 204 Å². The number of hydrogen-bond donors (Lipinski definition) is 1. The number of benzene rings is 4. The summed E-state index contributed by atoms with van der Waals surface area (Å²) in [4.78, 5) is 97.0. The van der Waals surface area contributed by atoms with Crippen molar-refractivity contribution >= 4 is 65.0 Å². The van der Waals surface area contributed by atoms with E-state index in [1.54, 1.807) is 24.3 Å². The first-order valence-electron chi connectivity index (χ1n) is 18.3. The molecule has 4 aromatic carbocycles. The summed E-state index contributed by atoms with van der Waals surface area (Å²) in [5, 5.41) is 2.60. The number of methoxy groups -OCH3 is 2. The molecule has 310 valence electrons. The summed E-state index contributed by atoms with van der Waals surface area (Å²) in [6.07, 6.45) is 3.90. The Bertz CT molecular complexity index is 2310. The van der Waals surface area contributed by atoms with Crippen LogP contribution in [0.3, 0.4) is 0 Å². The van der Waals surface area contributed by atoms with E-state index in [1.807, 2.05) is 0 Å². The van der Waals surface area contributed by atoms with Crippen molar-refractivity contribution in [1.29, 1.82) is 0 Å². The Hall–Kier alpha value is -7.68. The van der Waals surface area contributed by atoms with Crippen LogP contribution in [-0.4, -0.2) is 61.4 Å². The van der Waals surface area contributed by atoms with Gasteiger partial charge in [-0.25, -0.2) is 0 Å². The Labute approximate surface area is 344 Å². The number of carbonyl (C=O) groups is 8. The Kier molecular flexibility index (Phi) is 16.7. The van der Waals surface area contributed by atoms with Crippen LogP contribution >= 0.6 is 0 Å². The molecule has 0 radical (unpaired) electrons. The number of allylic oxidation sites excluding steroid dienone is 2. The molecule has 15 nitrogen and oxygen atoms in total. The number of carbonyl (C=O) groups excluding carboxylic acids is 8. The average Bonchev–Trinajstić information content (AvgIpc) is 3.22. The number of ketones is 3. The lowest BCUT2D eigenvalue weighted by atomic mass is 10.1. The molecular formula is C45H41NO14. The summed E-state index contributed by atoms with van der Waals surface area (Å²) in [5.41, 5.74) is 2.03. The first-order chi connectivity index (χ1) is 28.7. The maximum Gasteiger partial charge on any atom is 0.311 e. The van der Waals surface area contributed by atoms with Crippen LogP contribution < -0.4 is 33.7 Å². The zero-order valence-electron chi connectivity index (χ0n) is 33.1. The minimum absolute atomic E-state index is 0.0874. The van der Waals surface area contributed by atoms with Gasteiger partial charge in [-0.1, -0.05) is 24.3 Å². The van der Waals surface area contributed by atoms with Crippen LogP contribution in [0.15, 0.2) is 97.1 Å². The first kappa shape index (κ1) is 45.0. The second-order valence-corrected chi connectivity index (χ2v) is 12.8. The molecule has 0 aliphatic heterocycles.